The second-order valence-electron chi connectivity index (χ2n) is 4.96. The van der Waals surface area contributed by atoms with Crippen LogP contribution >= 0.6 is 0 Å². The lowest BCUT2D eigenvalue weighted by molar-refractivity contribution is 0.0956. The smallest absolute Gasteiger partial charge is 0.106 e. The standard InChI is InChI=1S/C12H24N2O/c1-10(2)8-15-7-6-12(5,9-13)14-11(3)4/h10-11,14H,6-8H2,1-5H3. The molecule has 1 unspecified atom stereocenters. The van der Waals surface area contributed by atoms with Gasteiger partial charge >= 0.3 is 0 Å². The predicted octanol–water partition coefficient (Wildman–Crippen LogP) is 2.33. The molecule has 0 aliphatic heterocycles. The van der Waals surface area contributed by atoms with Crippen LogP contribution in [0.2, 0.25) is 0 Å². The second-order valence-corrected chi connectivity index (χ2v) is 4.96. The number of hydrogen-bond donors (Lipinski definition) is 1. The van der Waals surface area contributed by atoms with E-state index in [4.69, 9.17) is 10.00 Å². The molecule has 0 amide bonds. The van der Waals surface area contributed by atoms with Crippen LogP contribution in [0, 0.1) is 17.2 Å². The van der Waals surface area contributed by atoms with E-state index in [2.05, 4.69) is 25.2 Å². The van der Waals surface area contributed by atoms with Gasteiger partial charge in [-0.25, -0.2) is 0 Å². The summed E-state index contributed by atoms with van der Waals surface area (Å²) in [5, 5.41) is 12.3. The van der Waals surface area contributed by atoms with E-state index in [1.165, 1.54) is 0 Å². The van der Waals surface area contributed by atoms with Crippen molar-refractivity contribution >= 4 is 0 Å². The summed E-state index contributed by atoms with van der Waals surface area (Å²) in [5.74, 6) is 0.552. The third kappa shape index (κ3) is 7.35. The maximum atomic E-state index is 9.07. The molecule has 3 nitrogen and oxygen atoms in total. The second kappa shape index (κ2) is 6.81. The number of ether oxygens (including phenoxy) is 1. The molecular formula is C12H24N2O. The zero-order valence-electron chi connectivity index (χ0n) is 10.6. The van der Waals surface area contributed by atoms with Gasteiger partial charge < -0.3 is 4.74 Å². The normalized spacial score (nSPS) is 15.3. The van der Waals surface area contributed by atoms with E-state index in [0.717, 1.165) is 13.0 Å². The molecule has 88 valence electrons. The molecule has 0 aromatic carbocycles. The van der Waals surface area contributed by atoms with Gasteiger partial charge in [0.15, 0.2) is 0 Å². The summed E-state index contributed by atoms with van der Waals surface area (Å²) in [6.45, 7) is 11.7. The molecule has 0 aliphatic rings. The van der Waals surface area contributed by atoms with E-state index in [0.29, 0.717) is 18.6 Å². The monoisotopic (exact) mass is 212 g/mol. The van der Waals surface area contributed by atoms with Crippen LogP contribution in [0.5, 0.6) is 0 Å². The summed E-state index contributed by atoms with van der Waals surface area (Å²) in [5.41, 5.74) is -0.467. The SMILES string of the molecule is CC(C)COCCC(C)(C#N)NC(C)C. The quantitative estimate of drug-likeness (QED) is 0.659. The van der Waals surface area contributed by atoms with Gasteiger partial charge in [-0.15, -0.1) is 0 Å². The van der Waals surface area contributed by atoms with Crippen molar-refractivity contribution in [3.05, 3.63) is 0 Å². The zero-order chi connectivity index (χ0) is 11.9. The van der Waals surface area contributed by atoms with Crippen molar-refractivity contribution in [2.24, 2.45) is 5.92 Å². The van der Waals surface area contributed by atoms with E-state index in [9.17, 15) is 0 Å². The minimum Gasteiger partial charge on any atom is -0.381 e. The third-order valence-corrected chi connectivity index (χ3v) is 2.05. The molecule has 0 saturated heterocycles. The summed E-state index contributed by atoms with van der Waals surface area (Å²) < 4.78 is 5.48. The molecule has 15 heavy (non-hydrogen) atoms. The maximum absolute atomic E-state index is 9.07. The van der Waals surface area contributed by atoms with Crippen LogP contribution in [0.1, 0.15) is 41.0 Å². The lowest BCUT2D eigenvalue weighted by Gasteiger charge is -2.25. The number of nitrogens with zero attached hydrogens (tertiary/aromatic N) is 1. The van der Waals surface area contributed by atoms with Gasteiger partial charge in [0, 0.05) is 25.7 Å². The van der Waals surface area contributed by atoms with Crippen molar-refractivity contribution in [3.63, 3.8) is 0 Å². The van der Waals surface area contributed by atoms with E-state index < -0.39 is 5.54 Å². The van der Waals surface area contributed by atoms with E-state index >= 15 is 0 Å². The molecule has 1 N–H and O–H groups in total. The van der Waals surface area contributed by atoms with Crippen LogP contribution < -0.4 is 5.32 Å². The summed E-state index contributed by atoms with van der Waals surface area (Å²) in [4.78, 5) is 0. The molecule has 0 rings (SSSR count). The molecule has 1 atom stereocenters. The average Bonchev–Trinajstić information content (AvgIpc) is 2.11. The summed E-state index contributed by atoms with van der Waals surface area (Å²) >= 11 is 0. The molecule has 0 saturated carbocycles. The van der Waals surface area contributed by atoms with Gasteiger partial charge in [0.2, 0.25) is 0 Å². The first-order valence-corrected chi connectivity index (χ1v) is 5.66. The van der Waals surface area contributed by atoms with Crippen molar-refractivity contribution < 1.29 is 4.74 Å². The minimum atomic E-state index is -0.467. The molecule has 0 spiro atoms. The topological polar surface area (TPSA) is 45.0 Å². The highest BCUT2D eigenvalue weighted by Crippen LogP contribution is 2.10. The van der Waals surface area contributed by atoms with Gasteiger partial charge in [0.25, 0.3) is 0 Å². The Labute approximate surface area is 93.8 Å². The molecule has 0 aromatic rings. The predicted molar refractivity (Wildman–Crippen MR) is 62.6 cm³/mol. The summed E-state index contributed by atoms with van der Waals surface area (Å²) in [6.07, 6.45) is 0.731. The number of nitrogens with one attached hydrogen (secondary N) is 1. The first kappa shape index (κ1) is 14.4. The van der Waals surface area contributed by atoms with Crippen LogP contribution in [0.3, 0.4) is 0 Å². The van der Waals surface area contributed by atoms with E-state index in [1.54, 1.807) is 0 Å². The Kier molecular flexibility index (Phi) is 6.55. The number of nitriles is 1. The van der Waals surface area contributed by atoms with Crippen LogP contribution in [0.25, 0.3) is 0 Å². The van der Waals surface area contributed by atoms with E-state index in [-0.39, 0.29) is 0 Å². The van der Waals surface area contributed by atoms with Gasteiger partial charge in [-0.2, -0.15) is 5.26 Å². The van der Waals surface area contributed by atoms with E-state index in [1.807, 2.05) is 20.8 Å². The fraction of sp³-hybridized carbons (Fsp3) is 0.917. The molecule has 3 heteroatoms. The zero-order valence-corrected chi connectivity index (χ0v) is 10.6. The Morgan fingerprint density at radius 1 is 1.33 bits per heavy atom. The maximum Gasteiger partial charge on any atom is 0.106 e. The average molecular weight is 212 g/mol. The highest BCUT2D eigenvalue weighted by atomic mass is 16.5. The van der Waals surface area contributed by atoms with Crippen molar-refractivity contribution in [2.45, 2.75) is 52.6 Å². The Morgan fingerprint density at radius 2 is 1.93 bits per heavy atom. The van der Waals surface area contributed by atoms with Crippen LogP contribution in [0.15, 0.2) is 0 Å². The highest BCUT2D eigenvalue weighted by Gasteiger charge is 2.23. The molecule has 0 radical (unpaired) electrons. The first-order valence-electron chi connectivity index (χ1n) is 5.66. The van der Waals surface area contributed by atoms with Crippen molar-refractivity contribution in [3.8, 4) is 6.07 Å². The van der Waals surface area contributed by atoms with Crippen LogP contribution in [0.4, 0.5) is 0 Å². The Hall–Kier alpha value is -0.590. The molecule has 0 fully saturated rings. The van der Waals surface area contributed by atoms with Crippen LogP contribution in [-0.2, 0) is 4.74 Å². The van der Waals surface area contributed by atoms with Gasteiger partial charge in [0.05, 0.1) is 6.07 Å². The Balaban J connectivity index is 3.84. The molecule has 0 bridgehead atoms. The van der Waals surface area contributed by atoms with Crippen molar-refractivity contribution in [1.82, 2.24) is 5.32 Å². The third-order valence-electron chi connectivity index (χ3n) is 2.05. The molecule has 0 aliphatic carbocycles. The summed E-state index contributed by atoms with van der Waals surface area (Å²) in [6, 6.07) is 2.63. The molecular weight excluding hydrogens is 188 g/mol. The van der Waals surface area contributed by atoms with Gasteiger partial charge in [0.1, 0.15) is 5.54 Å². The lowest BCUT2D eigenvalue weighted by Crippen LogP contribution is -2.45. The largest absolute Gasteiger partial charge is 0.381 e. The lowest BCUT2D eigenvalue weighted by atomic mass is 9.99. The first-order chi connectivity index (χ1) is 6.89. The van der Waals surface area contributed by atoms with Crippen molar-refractivity contribution in [2.75, 3.05) is 13.2 Å². The van der Waals surface area contributed by atoms with Gasteiger partial charge in [-0.3, -0.25) is 5.32 Å². The fourth-order valence-corrected chi connectivity index (χ4v) is 1.39. The minimum absolute atomic E-state index is 0.319. The number of rotatable bonds is 7. The summed E-state index contributed by atoms with van der Waals surface area (Å²) in [7, 11) is 0. The van der Waals surface area contributed by atoms with Gasteiger partial charge in [-0.1, -0.05) is 13.8 Å². The molecule has 0 heterocycles. The Morgan fingerprint density at radius 3 is 2.33 bits per heavy atom. The van der Waals surface area contributed by atoms with Crippen LogP contribution in [-0.4, -0.2) is 24.8 Å². The fourth-order valence-electron chi connectivity index (χ4n) is 1.39. The highest BCUT2D eigenvalue weighted by molar-refractivity contribution is 5.04. The Bertz CT molecular complexity index is 208. The number of hydrogen-bond acceptors (Lipinski definition) is 3. The van der Waals surface area contributed by atoms with Gasteiger partial charge in [-0.05, 0) is 26.7 Å². The van der Waals surface area contributed by atoms with Crippen molar-refractivity contribution in [1.29, 1.82) is 5.26 Å². The molecule has 0 aromatic heterocycles.